The second-order valence-corrected chi connectivity index (χ2v) is 4.02. The molecule has 2 rings (SSSR count). The molecule has 0 saturated heterocycles. The van der Waals surface area contributed by atoms with Crippen LogP contribution < -0.4 is 10.2 Å². The Hall–Kier alpha value is -0.730. The van der Waals surface area contributed by atoms with Crippen LogP contribution in [-0.4, -0.2) is 20.6 Å². The van der Waals surface area contributed by atoms with Crippen molar-refractivity contribution in [1.29, 1.82) is 0 Å². The van der Waals surface area contributed by atoms with E-state index in [0.29, 0.717) is 0 Å². The molecule has 0 unspecified atom stereocenters. The van der Waals surface area contributed by atoms with E-state index in [0.717, 1.165) is 6.54 Å². The van der Waals surface area contributed by atoms with Crippen LogP contribution in [0.2, 0.25) is 0 Å². The lowest BCUT2D eigenvalue weighted by molar-refractivity contribution is 0.739. The zero-order valence-electron chi connectivity index (χ0n) is 9.42. The van der Waals surface area contributed by atoms with E-state index in [4.69, 9.17) is 0 Å². The Kier molecular flexibility index (Phi) is 4.43. The van der Waals surface area contributed by atoms with Crippen molar-refractivity contribution in [2.75, 3.05) is 25.5 Å². The van der Waals surface area contributed by atoms with Gasteiger partial charge in [0.1, 0.15) is 0 Å². The molecule has 0 fully saturated rings. The van der Waals surface area contributed by atoms with Crippen molar-refractivity contribution in [2.45, 2.75) is 19.4 Å². The molecule has 84 valence electrons. The van der Waals surface area contributed by atoms with E-state index in [2.05, 4.69) is 35.5 Å². The van der Waals surface area contributed by atoms with E-state index >= 15 is 0 Å². The number of hydrogen-bond acceptors (Lipinski definition) is 2. The van der Waals surface area contributed by atoms with Crippen molar-refractivity contribution in [3.63, 3.8) is 0 Å². The molecular formula is C12H19ClN2. The standard InChI is InChI=1S/C12H18N2.ClH/c1-13-9-10-5-6-12-11(8-10)4-3-7-14(12)2;/h5-6,8,13H,3-4,7,9H2,1-2H3;1H. The van der Waals surface area contributed by atoms with Crippen LogP contribution in [0.4, 0.5) is 5.69 Å². The molecule has 1 aliphatic heterocycles. The molecule has 1 heterocycles. The van der Waals surface area contributed by atoms with Crippen LogP contribution in [0, 0.1) is 0 Å². The smallest absolute Gasteiger partial charge is 0.0396 e. The third-order valence-electron chi connectivity index (χ3n) is 2.88. The molecule has 0 atom stereocenters. The first-order valence-corrected chi connectivity index (χ1v) is 5.29. The summed E-state index contributed by atoms with van der Waals surface area (Å²) in [7, 11) is 4.17. The van der Waals surface area contributed by atoms with Gasteiger partial charge in [0.2, 0.25) is 0 Å². The molecule has 2 nitrogen and oxygen atoms in total. The number of hydrogen-bond donors (Lipinski definition) is 1. The van der Waals surface area contributed by atoms with Crippen molar-refractivity contribution in [2.24, 2.45) is 0 Å². The molecule has 0 spiro atoms. The average Bonchev–Trinajstić information content (AvgIpc) is 2.18. The summed E-state index contributed by atoms with van der Waals surface area (Å²) >= 11 is 0. The summed E-state index contributed by atoms with van der Waals surface area (Å²) in [4.78, 5) is 2.35. The molecule has 1 N–H and O–H groups in total. The second kappa shape index (κ2) is 5.38. The number of rotatable bonds is 2. The molecule has 0 saturated carbocycles. The van der Waals surface area contributed by atoms with E-state index in [1.54, 1.807) is 0 Å². The van der Waals surface area contributed by atoms with Crippen LogP contribution in [0.3, 0.4) is 0 Å². The topological polar surface area (TPSA) is 15.3 Å². The van der Waals surface area contributed by atoms with Gasteiger partial charge in [0, 0.05) is 25.8 Å². The van der Waals surface area contributed by atoms with Crippen LogP contribution in [0.1, 0.15) is 17.5 Å². The largest absolute Gasteiger partial charge is 0.374 e. The molecule has 3 heteroatoms. The van der Waals surface area contributed by atoms with Gasteiger partial charge in [-0.2, -0.15) is 0 Å². The van der Waals surface area contributed by atoms with Crippen molar-refractivity contribution in [1.82, 2.24) is 5.32 Å². The fraction of sp³-hybridized carbons (Fsp3) is 0.500. The van der Waals surface area contributed by atoms with Crippen LogP contribution in [-0.2, 0) is 13.0 Å². The number of halogens is 1. The summed E-state index contributed by atoms with van der Waals surface area (Å²) in [5.74, 6) is 0. The summed E-state index contributed by atoms with van der Waals surface area (Å²) in [6.45, 7) is 2.16. The summed E-state index contributed by atoms with van der Waals surface area (Å²) in [5, 5.41) is 3.19. The maximum atomic E-state index is 3.19. The van der Waals surface area contributed by atoms with Crippen LogP contribution >= 0.6 is 12.4 Å². The van der Waals surface area contributed by atoms with E-state index in [1.807, 2.05) is 7.05 Å². The molecule has 0 amide bonds. The number of anilines is 1. The first kappa shape index (κ1) is 12.3. The Morgan fingerprint density at radius 3 is 2.93 bits per heavy atom. The van der Waals surface area contributed by atoms with E-state index in [1.165, 1.54) is 36.2 Å². The highest BCUT2D eigenvalue weighted by molar-refractivity contribution is 5.85. The molecule has 1 aromatic rings. The Bertz CT molecular complexity index is 325. The van der Waals surface area contributed by atoms with Gasteiger partial charge in [-0.3, -0.25) is 0 Å². The van der Waals surface area contributed by atoms with Gasteiger partial charge in [-0.15, -0.1) is 12.4 Å². The van der Waals surface area contributed by atoms with E-state index in [-0.39, 0.29) is 12.4 Å². The monoisotopic (exact) mass is 226 g/mol. The molecule has 15 heavy (non-hydrogen) atoms. The third kappa shape index (κ3) is 2.64. The first-order valence-electron chi connectivity index (χ1n) is 5.29. The summed E-state index contributed by atoms with van der Waals surface area (Å²) in [6.07, 6.45) is 2.52. The SMILES string of the molecule is CNCc1ccc2c(c1)CCCN2C.Cl. The van der Waals surface area contributed by atoms with Crippen molar-refractivity contribution in [3.05, 3.63) is 29.3 Å². The number of fused-ring (bicyclic) bond motifs is 1. The Morgan fingerprint density at radius 2 is 2.20 bits per heavy atom. The number of nitrogens with zero attached hydrogens (tertiary/aromatic N) is 1. The lowest BCUT2D eigenvalue weighted by Gasteiger charge is -2.27. The van der Waals surface area contributed by atoms with E-state index in [9.17, 15) is 0 Å². The molecule has 0 bridgehead atoms. The molecule has 0 radical (unpaired) electrons. The molecule has 0 aliphatic carbocycles. The second-order valence-electron chi connectivity index (χ2n) is 4.02. The minimum absolute atomic E-state index is 0. The predicted molar refractivity (Wildman–Crippen MR) is 68.0 cm³/mol. The normalized spacial score (nSPS) is 14.4. The molecule has 1 aromatic carbocycles. The van der Waals surface area contributed by atoms with Crippen LogP contribution in [0.15, 0.2) is 18.2 Å². The number of benzene rings is 1. The Balaban J connectivity index is 0.00000112. The average molecular weight is 227 g/mol. The quantitative estimate of drug-likeness (QED) is 0.832. The van der Waals surface area contributed by atoms with Crippen LogP contribution in [0.25, 0.3) is 0 Å². The highest BCUT2D eigenvalue weighted by Crippen LogP contribution is 2.26. The fourth-order valence-corrected chi connectivity index (χ4v) is 2.15. The minimum Gasteiger partial charge on any atom is -0.374 e. The highest BCUT2D eigenvalue weighted by atomic mass is 35.5. The maximum absolute atomic E-state index is 3.19. The first-order chi connectivity index (χ1) is 6.81. The molecule has 0 aromatic heterocycles. The van der Waals surface area contributed by atoms with Crippen molar-refractivity contribution >= 4 is 18.1 Å². The zero-order valence-corrected chi connectivity index (χ0v) is 10.2. The number of nitrogens with one attached hydrogen (secondary N) is 1. The molecule has 1 aliphatic rings. The van der Waals surface area contributed by atoms with Gasteiger partial charge in [-0.1, -0.05) is 12.1 Å². The van der Waals surface area contributed by atoms with Gasteiger partial charge in [0.05, 0.1) is 0 Å². The minimum atomic E-state index is 0. The lowest BCUT2D eigenvalue weighted by Crippen LogP contribution is -2.24. The van der Waals surface area contributed by atoms with Gasteiger partial charge in [-0.05, 0) is 37.1 Å². The van der Waals surface area contributed by atoms with Gasteiger partial charge in [0.15, 0.2) is 0 Å². The van der Waals surface area contributed by atoms with Gasteiger partial charge in [0.25, 0.3) is 0 Å². The van der Waals surface area contributed by atoms with Crippen molar-refractivity contribution < 1.29 is 0 Å². The summed E-state index contributed by atoms with van der Waals surface area (Å²) < 4.78 is 0. The maximum Gasteiger partial charge on any atom is 0.0396 e. The van der Waals surface area contributed by atoms with Crippen LogP contribution in [0.5, 0.6) is 0 Å². The summed E-state index contributed by atoms with van der Waals surface area (Å²) in [6, 6.07) is 6.81. The summed E-state index contributed by atoms with van der Waals surface area (Å²) in [5.41, 5.74) is 4.31. The Labute approximate surface area is 98.1 Å². The van der Waals surface area contributed by atoms with E-state index < -0.39 is 0 Å². The van der Waals surface area contributed by atoms with Crippen molar-refractivity contribution in [3.8, 4) is 0 Å². The highest BCUT2D eigenvalue weighted by Gasteiger charge is 2.12. The lowest BCUT2D eigenvalue weighted by atomic mass is 10.00. The van der Waals surface area contributed by atoms with Gasteiger partial charge < -0.3 is 10.2 Å². The van der Waals surface area contributed by atoms with Gasteiger partial charge >= 0.3 is 0 Å². The fourth-order valence-electron chi connectivity index (χ4n) is 2.15. The molecular weight excluding hydrogens is 208 g/mol. The zero-order chi connectivity index (χ0) is 9.97. The predicted octanol–water partition coefficient (Wildman–Crippen LogP) is 2.21. The third-order valence-corrected chi connectivity index (χ3v) is 2.88. The Morgan fingerprint density at radius 1 is 1.40 bits per heavy atom. The van der Waals surface area contributed by atoms with Gasteiger partial charge in [-0.25, -0.2) is 0 Å². The number of aryl methyl sites for hydroxylation is 1.